The Morgan fingerprint density at radius 2 is 1.78 bits per heavy atom. The summed E-state index contributed by atoms with van der Waals surface area (Å²) < 4.78 is 38.2. The Morgan fingerprint density at radius 1 is 1.06 bits per heavy atom. The molecule has 0 atom stereocenters. The molecule has 2 aromatic rings. The van der Waals surface area contributed by atoms with Crippen LogP contribution in [0.2, 0.25) is 0 Å². The molecule has 2 N–H and O–H groups in total. The van der Waals surface area contributed by atoms with Gasteiger partial charge in [-0.25, -0.2) is 8.42 Å². The summed E-state index contributed by atoms with van der Waals surface area (Å²) in [5, 5.41) is 8.36. The van der Waals surface area contributed by atoms with Crippen molar-refractivity contribution in [3.05, 3.63) is 36.0 Å². The third-order valence-corrected chi connectivity index (χ3v) is 7.53. The highest BCUT2D eigenvalue weighted by atomic mass is 32.2. The second-order valence-electron chi connectivity index (χ2n) is 7.49. The summed E-state index contributed by atoms with van der Waals surface area (Å²) in [4.78, 5) is 15.9. The fourth-order valence-corrected chi connectivity index (χ4v) is 5.29. The maximum absolute atomic E-state index is 13.1. The van der Waals surface area contributed by atoms with Crippen LogP contribution in [-0.4, -0.2) is 88.4 Å². The molecule has 3 heterocycles. The van der Waals surface area contributed by atoms with Gasteiger partial charge in [0.25, 0.3) is 5.91 Å². The third kappa shape index (κ3) is 4.47. The Labute approximate surface area is 186 Å². The molecule has 11 nitrogen and oxygen atoms in total. The highest BCUT2D eigenvalue weighted by Gasteiger charge is 2.30. The lowest BCUT2D eigenvalue weighted by molar-refractivity contribution is 0.0997. The minimum Gasteiger partial charge on any atom is -0.496 e. The van der Waals surface area contributed by atoms with E-state index >= 15 is 0 Å². The number of nitrogens with zero attached hydrogens (tertiary/aromatic N) is 5. The predicted molar refractivity (Wildman–Crippen MR) is 118 cm³/mol. The van der Waals surface area contributed by atoms with Gasteiger partial charge in [0.2, 0.25) is 10.0 Å². The van der Waals surface area contributed by atoms with Crippen molar-refractivity contribution in [1.29, 1.82) is 0 Å². The number of amides is 1. The van der Waals surface area contributed by atoms with Crippen molar-refractivity contribution in [1.82, 2.24) is 14.5 Å². The van der Waals surface area contributed by atoms with Gasteiger partial charge in [-0.15, -0.1) is 5.10 Å². The number of sulfonamides is 1. The van der Waals surface area contributed by atoms with Gasteiger partial charge < -0.3 is 25.0 Å². The third-order valence-electron chi connectivity index (χ3n) is 5.64. The molecule has 32 heavy (non-hydrogen) atoms. The van der Waals surface area contributed by atoms with Crippen molar-refractivity contribution in [2.24, 2.45) is 5.73 Å². The monoisotopic (exact) mass is 462 g/mol. The molecule has 172 valence electrons. The van der Waals surface area contributed by atoms with Gasteiger partial charge in [0.05, 0.1) is 42.7 Å². The van der Waals surface area contributed by atoms with Gasteiger partial charge in [-0.2, -0.15) is 9.40 Å². The quantitative estimate of drug-likeness (QED) is 0.627. The molecule has 12 heteroatoms. The van der Waals surface area contributed by atoms with E-state index in [-0.39, 0.29) is 16.2 Å². The van der Waals surface area contributed by atoms with E-state index in [1.54, 1.807) is 6.20 Å². The van der Waals surface area contributed by atoms with Gasteiger partial charge in [-0.05, 0) is 18.2 Å². The summed E-state index contributed by atoms with van der Waals surface area (Å²) in [6.45, 7) is 4.46. The Hall–Kier alpha value is -2.96. The van der Waals surface area contributed by atoms with E-state index in [0.29, 0.717) is 39.4 Å². The van der Waals surface area contributed by atoms with Crippen LogP contribution in [0, 0.1) is 0 Å². The SMILES string of the molecule is COc1ccc(S(=O)(=O)N2CCN(c3cnnc(N4CCOCC4)c3)CC2)cc1C(N)=O. The largest absolute Gasteiger partial charge is 0.496 e. The average molecular weight is 463 g/mol. The number of carbonyl (C=O) groups excluding carboxylic acids is 1. The van der Waals surface area contributed by atoms with E-state index in [1.165, 1.54) is 29.6 Å². The van der Waals surface area contributed by atoms with Crippen LogP contribution in [-0.2, 0) is 14.8 Å². The maximum Gasteiger partial charge on any atom is 0.252 e. The molecule has 1 amide bonds. The Balaban J connectivity index is 1.47. The van der Waals surface area contributed by atoms with Crippen LogP contribution < -0.4 is 20.3 Å². The smallest absolute Gasteiger partial charge is 0.252 e. The Bertz CT molecular complexity index is 1080. The molecular formula is C20H26N6O5S. The molecule has 2 aliphatic rings. The first kappa shape index (κ1) is 22.2. The van der Waals surface area contributed by atoms with Crippen LogP contribution in [0.5, 0.6) is 5.75 Å². The summed E-state index contributed by atoms with van der Waals surface area (Å²) in [6.07, 6.45) is 1.69. The number of methoxy groups -OCH3 is 1. The molecule has 2 saturated heterocycles. The normalized spacial score (nSPS) is 17.9. The van der Waals surface area contributed by atoms with Crippen molar-refractivity contribution in [3.63, 3.8) is 0 Å². The summed E-state index contributed by atoms with van der Waals surface area (Å²) >= 11 is 0. The van der Waals surface area contributed by atoms with Gasteiger partial charge in [0.1, 0.15) is 5.75 Å². The second-order valence-corrected chi connectivity index (χ2v) is 9.43. The standard InChI is InChI=1S/C20H26N6O5S/c1-30-18-3-2-16(13-17(18)20(21)27)32(28,29)26-6-4-24(5-7-26)15-12-19(23-22-14-15)25-8-10-31-11-9-25/h2-3,12-14H,4-11H2,1H3,(H2,21,27). The van der Waals surface area contributed by atoms with Gasteiger partial charge >= 0.3 is 0 Å². The first-order valence-electron chi connectivity index (χ1n) is 10.3. The topological polar surface area (TPSA) is 131 Å². The van der Waals surface area contributed by atoms with Crippen LogP contribution in [0.1, 0.15) is 10.4 Å². The van der Waals surface area contributed by atoms with Crippen molar-refractivity contribution in [3.8, 4) is 5.75 Å². The summed E-state index contributed by atoms with van der Waals surface area (Å²) in [5.74, 6) is 0.283. The number of carbonyl (C=O) groups is 1. The van der Waals surface area contributed by atoms with E-state index in [9.17, 15) is 13.2 Å². The molecule has 0 saturated carbocycles. The maximum atomic E-state index is 13.1. The van der Waals surface area contributed by atoms with E-state index < -0.39 is 15.9 Å². The molecule has 4 rings (SSSR count). The minimum atomic E-state index is -3.78. The molecule has 0 unspecified atom stereocenters. The molecule has 0 spiro atoms. The van der Waals surface area contributed by atoms with Crippen LogP contribution in [0.25, 0.3) is 0 Å². The van der Waals surface area contributed by atoms with Crippen LogP contribution in [0.3, 0.4) is 0 Å². The molecular weight excluding hydrogens is 436 g/mol. The zero-order valence-electron chi connectivity index (χ0n) is 17.8. The van der Waals surface area contributed by atoms with E-state index in [1.807, 2.05) is 6.07 Å². The first-order chi connectivity index (χ1) is 15.4. The van der Waals surface area contributed by atoms with E-state index in [4.69, 9.17) is 15.2 Å². The van der Waals surface area contributed by atoms with Gasteiger partial charge in [-0.1, -0.05) is 0 Å². The predicted octanol–water partition coefficient (Wildman–Crippen LogP) is -0.0684. The van der Waals surface area contributed by atoms with Crippen LogP contribution in [0.15, 0.2) is 35.4 Å². The highest BCUT2D eigenvalue weighted by Crippen LogP contribution is 2.26. The fraction of sp³-hybridized carbons (Fsp3) is 0.450. The molecule has 1 aromatic heterocycles. The fourth-order valence-electron chi connectivity index (χ4n) is 3.84. The van der Waals surface area contributed by atoms with Crippen LogP contribution in [0.4, 0.5) is 11.5 Å². The van der Waals surface area contributed by atoms with Crippen LogP contribution >= 0.6 is 0 Å². The summed E-state index contributed by atoms with van der Waals surface area (Å²) in [7, 11) is -2.38. The number of nitrogens with two attached hydrogens (primary N) is 1. The number of rotatable bonds is 6. The molecule has 2 aliphatic heterocycles. The number of morpholine rings is 1. The zero-order chi connectivity index (χ0) is 22.7. The van der Waals surface area contributed by atoms with Crippen molar-refractivity contribution in [2.45, 2.75) is 4.90 Å². The summed E-state index contributed by atoms with van der Waals surface area (Å²) in [6, 6.07) is 6.11. The lowest BCUT2D eigenvalue weighted by Crippen LogP contribution is -2.48. The number of aromatic nitrogens is 2. The lowest BCUT2D eigenvalue weighted by atomic mass is 10.2. The number of primary amides is 1. The second kappa shape index (κ2) is 9.27. The van der Waals surface area contributed by atoms with E-state index in [0.717, 1.165) is 24.6 Å². The van der Waals surface area contributed by atoms with Gasteiger partial charge in [-0.3, -0.25) is 4.79 Å². The Morgan fingerprint density at radius 3 is 2.44 bits per heavy atom. The molecule has 2 fully saturated rings. The van der Waals surface area contributed by atoms with Crippen molar-refractivity contribution >= 4 is 27.4 Å². The zero-order valence-corrected chi connectivity index (χ0v) is 18.6. The average Bonchev–Trinajstić information content (AvgIpc) is 2.84. The lowest BCUT2D eigenvalue weighted by Gasteiger charge is -2.35. The van der Waals surface area contributed by atoms with Crippen molar-refractivity contribution in [2.75, 3.05) is 69.4 Å². The number of ether oxygens (including phenoxy) is 2. The number of piperazine rings is 1. The number of benzene rings is 1. The first-order valence-corrected chi connectivity index (χ1v) is 11.7. The minimum absolute atomic E-state index is 0.0146. The van der Waals surface area contributed by atoms with E-state index in [2.05, 4.69) is 20.0 Å². The van der Waals surface area contributed by atoms with Gasteiger partial charge in [0.15, 0.2) is 5.82 Å². The molecule has 0 bridgehead atoms. The van der Waals surface area contributed by atoms with Crippen molar-refractivity contribution < 1.29 is 22.7 Å². The molecule has 0 radical (unpaired) electrons. The number of hydrogen-bond donors (Lipinski definition) is 1. The molecule has 1 aromatic carbocycles. The number of hydrogen-bond acceptors (Lipinski definition) is 9. The van der Waals surface area contributed by atoms with Gasteiger partial charge in [0, 0.05) is 45.3 Å². The highest BCUT2D eigenvalue weighted by molar-refractivity contribution is 7.89. The molecule has 0 aliphatic carbocycles. The summed E-state index contributed by atoms with van der Waals surface area (Å²) in [5.41, 5.74) is 6.31. The number of anilines is 2. The Kier molecular flexibility index (Phi) is 6.44.